The van der Waals surface area contributed by atoms with E-state index in [-0.39, 0.29) is 18.6 Å². The fourth-order valence-electron chi connectivity index (χ4n) is 2.69. The average Bonchev–Trinajstić information content (AvgIpc) is 3.16. The van der Waals surface area contributed by atoms with Gasteiger partial charge in [-0.3, -0.25) is 9.78 Å². The lowest BCUT2D eigenvalue weighted by molar-refractivity contribution is -0.0251. The first-order valence-electron chi connectivity index (χ1n) is 7.63. The summed E-state index contributed by atoms with van der Waals surface area (Å²) in [5.41, 5.74) is 1.08. The van der Waals surface area contributed by atoms with Crippen molar-refractivity contribution in [3.05, 3.63) is 40.9 Å². The van der Waals surface area contributed by atoms with Crippen LogP contribution in [0.2, 0.25) is 0 Å². The minimum absolute atomic E-state index is 0.180. The van der Waals surface area contributed by atoms with Crippen molar-refractivity contribution >= 4 is 17.2 Å². The Morgan fingerprint density at radius 1 is 1.52 bits per heavy atom. The molecule has 0 unspecified atom stereocenters. The SMILES string of the molecule is Cc1nc(-c2cccs2)ccc1C(=O)NC[C@@]1(O)CCO[C@@H]1C. The van der Waals surface area contributed by atoms with Gasteiger partial charge in [0.25, 0.3) is 5.91 Å². The normalized spacial score (nSPS) is 23.9. The highest BCUT2D eigenvalue weighted by Crippen LogP contribution is 2.26. The van der Waals surface area contributed by atoms with Gasteiger partial charge in [0.15, 0.2) is 0 Å². The number of pyridine rings is 1. The molecule has 1 aliphatic heterocycles. The molecule has 23 heavy (non-hydrogen) atoms. The molecule has 1 fully saturated rings. The number of aryl methyl sites for hydroxylation is 1. The Balaban J connectivity index is 1.70. The van der Waals surface area contributed by atoms with Crippen molar-refractivity contribution in [1.82, 2.24) is 10.3 Å². The van der Waals surface area contributed by atoms with Crippen LogP contribution in [0.25, 0.3) is 10.6 Å². The Morgan fingerprint density at radius 2 is 2.35 bits per heavy atom. The summed E-state index contributed by atoms with van der Waals surface area (Å²) >= 11 is 1.62. The number of nitrogens with one attached hydrogen (secondary N) is 1. The molecule has 3 heterocycles. The highest BCUT2D eigenvalue weighted by Gasteiger charge is 2.39. The van der Waals surface area contributed by atoms with Gasteiger partial charge < -0.3 is 15.2 Å². The van der Waals surface area contributed by atoms with Gasteiger partial charge in [0, 0.05) is 19.6 Å². The summed E-state index contributed by atoms with van der Waals surface area (Å²) in [4.78, 5) is 18.0. The molecule has 2 N–H and O–H groups in total. The summed E-state index contributed by atoms with van der Waals surface area (Å²) in [6, 6.07) is 7.61. The summed E-state index contributed by atoms with van der Waals surface area (Å²) in [5.74, 6) is -0.222. The average molecular weight is 332 g/mol. The van der Waals surface area contributed by atoms with E-state index in [0.717, 1.165) is 10.6 Å². The maximum absolute atomic E-state index is 12.4. The van der Waals surface area contributed by atoms with E-state index >= 15 is 0 Å². The Morgan fingerprint density at radius 3 is 2.96 bits per heavy atom. The molecule has 5 nitrogen and oxygen atoms in total. The van der Waals surface area contributed by atoms with Crippen molar-refractivity contribution in [2.24, 2.45) is 0 Å². The number of hydrogen-bond acceptors (Lipinski definition) is 5. The molecule has 0 aliphatic carbocycles. The number of hydrogen-bond donors (Lipinski definition) is 2. The minimum atomic E-state index is -0.992. The van der Waals surface area contributed by atoms with Gasteiger partial charge in [0.1, 0.15) is 5.60 Å². The number of thiophene rings is 1. The first kappa shape index (κ1) is 16.1. The lowest BCUT2D eigenvalue weighted by Crippen LogP contribution is -2.47. The molecule has 1 saturated heterocycles. The van der Waals surface area contributed by atoms with E-state index in [0.29, 0.717) is 24.3 Å². The molecule has 2 aromatic rings. The van der Waals surface area contributed by atoms with E-state index < -0.39 is 5.60 Å². The van der Waals surface area contributed by atoms with Crippen LogP contribution in [0.5, 0.6) is 0 Å². The maximum Gasteiger partial charge on any atom is 0.253 e. The molecule has 0 bridgehead atoms. The number of nitrogens with zero attached hydrogens (tertiary/aromatic N) is 1. The van der Waals surface area contributed by atoms with Crippen LogP contribution in [0.3, 0.4) is 0 Å². The minimum Gasteiger partial charge on any atom is -0.385 e. The first-order chi connectivity index (χ1) is 11.0. The fraction of sp³-hybridized carbons (Fsp3) is 0.412. The van der Waals surface area contributed by atoms with Crippen molar-refractivity contribution < 1.29 is 14.6 Å². The van der Waals surface area contributed by atoms with Gasteiger partial charge in [0.2, 0.25) is 0 Å². The van der Waals surface area contributed by atoms with Crippen LogP contribution in [0.15, 0.2) is 29.6 Å². The molecule has 0 radical (unpaired) electrons. The molecule has 3 rings (SSSR count). The lowest BCUT2D eigenvalue weighted by atomic mass is 9.96. The number of rotatable bonds is 4. The van der Waals surface area contributed by atoms with Crippen molar-refractivity contribution in [1.29, 1.82) is 0 Å². The summed E-state index contributed by atoms with van der Waals surface area (Å²) in [5, 5.41) is 15.2. The Bertz CT molecular complexity index is 702. The second-order valence-electron chi connectivity index (χ2n) is 5.86. The van der Waals surface area contributed by atoms with Gasteiger partial charge in [-0.05, 0) is 37.4 Å². The molecule has 0 spiro atoms. The molecule has 6 heteroatoms. The fourth-order valence-corrected chi connectivity index (χ4v) is 3.39. The highest BCUT2D eigenvalue weighted by molar-refractivity contribution is 7.13. The highest BCUT2D eigenvalue weighted by atomic mass is 32.1. The zero-order valence-corrected chi connectivity index (χ0v) is 14.0. The van der Waals surface area contributed by atoms with Gasteiger partial charge in [-0.15, -0.1) is 11.3 Å². The van der Waals surface area contributed by atoms with Gasteiger partial charge >= 0.3 is 0 Å². The first-order valence-corrected chi connectivity index (χ1v) is 8.51. The zero-order chi connectivity index (χ0) is 16.4. The van der Waals surface area contributed by atoms with Crippen LogP contribution in [0.1, 0.15) is 29.4 Å². The van der Waals surface area contributed by atoms with Crippen molar-refractivity contribution in [3.8, 4) is 10.6 Å². The number of carbonyl (C=O) groups is 1. The number of carbonyl (C=O) groups excluding carboxylic acids is 1. The summed E-state index contributed by atoms with van der Waals surface area (Å²) in [6.07, 6.45) is 0.256. The third kappa shape index (κ3) is 3.29. The van der Waals surface area contributed by atoms with E-state index in [1.54, 1.807) is 17.4 Å². The topological polar surface area (TPSA) is 71.5 Å². The van der Waals surface area contributed by atoms with E-state index in [4.69, 9.17) is 4.74 Å². The van der Waals surface area contributed by atoms with Crippen molar-refractivity contribution in [3.63, 3.8) is 0 Å². The number of aromatic nitrogens is 1. The Labute approximate surface area is 139 Å². The number of amides is 1. The summed E-state index contributed by atoms with van der Waals surface area (Å²) < 4.78 is 5.37. The number of aliphatic hydroxyl groups is 1. The summed E-state index contributed by atoms with van der Waals surface area (Å²) in [7, 11) is 0. The maximum atomic E-state index is 12.4. The number of ether oxygens (including phenoxy) is 1. The monoisotopic (exact) mass is 332 g/mol. The lowest BCUT2D eigenvalue weighted by Gasteiger charge is -2.26. The van der Waals surface area contributed by atoms with E-state index in [9.17, 15) is 9.90 Å². The smallest absolute Gasteiger partial charge is 0.253 e. The summed E-state index contributed by atoms with van der Waals surface area (Å²) in [6.45, 7) is 4.34. The van der Waals surface area contributed by atoms with Crippen LogP contribution < -0.4 is 5.32 Å². The molecule has 0 aromatic carbocycles. The van der Waals surface area contributed by atoms with E-state index in [2.05, 4.69) is 10.3 Å². The van der Waals surface area contributed by atoms with Crippen LogP contribution >= 0.6 is 11.3 Å². The van der Waals surface area contributed by atoms with Gasteiger partial charge in [0.05, 0.1) is 27.9 Å². The largest absolute Gasteiger partial charge is 0.385 e. The van der Waals surface area contributed by atoms with Crippen molar-refractivity contribution in [2.75, 3.05) is 13.2 Å². The Hall–Kier alpha value is -1.76. The van der Waals surface area contributed by atoms with Crippen LogP contribution in [0, 0.1) is 6.92 Å². The predicted octanol–water partition coefficient (Wildman–Crippen LogP) is 2.39. The zero-order valence-electron chi connectivity index (χ0n) is 13.2. The molecular formula is C17H20N2O3S. The van der Waals surface area contributed by atoms with Gasteiger partial charge in [-0.1, -0.05) is 6.07 Å². The quantitative estimate of drug-likeness (QED) is 0.902. The van der Waals surface area contributed by atoms with E-state index in [1.165, 1.54) is 0 Å². The van der Waals surface area contributed by atoms with Crippen molar-refractivity contribution in [2.45, 2.75) is 32.0 Å². The molecule has 1 amide bonds. The predicted molar refractivity (Wildman–Crippen MR) is 89.6 cm³/mol. The molecule has 1 aliphatic rings. The molecule has 2 atom stereocenters. The molecule has 0 saturated carbocycles. The van der Waals surface area contributed by atoms with Gasteiger partial charge in [-0.25, -0.2) is 0 Å². The van der Waals surface area contributed by atoms with Crippen LogP contribution in [0.4, 0.5) is 0 Å². The Kier molecular flexibility index (Phi) is 4.48. The van der Waals surface area contributed by atoms with E-state index in [1.807, 2.05) is 37.4 Å². The third-order valence-corrected chi connectivity index (χ3v) is 5.21. The third-order valence-electron chi connectivity index (χ3n) is 4.32. The molecule has 2 aromatic heterocycles. The van der Waals surface area contributed by atoms with Crippen LogP contribution in [-0.4, -0.2) is 40.9 Å². The van der Waals surface area contributed by atoms with Gasteiger partial charge in [-0.2, -0.15) is 0 Å². The molecular weight excluding hydrogens is 312 g/mol. The second-order valence-corrected chi connectivity index (χ2v) is 6.80. The second kappa shape index (κ2) is 6.39. The molecule has 122 valence electrons. The standard InChI is InChI=1S/C17H20N2O3S/c1-11-13(5-6-14(19-11)15-4-3-9-23-15)16(20)18-10-17(21)7-8-22-12(17)2/h3-6,9,12,21H,7-8,10H2,1-2H3,(H,18,20)/t12-,17+/m1/s1. The van der Waals surface area contributed by atoms with Crippen LogP contribution in [-0.2, 0) is 4.74 Å².